The van der Waals surface area contributed by atoms with Crippen LogP contribution in [-0.4, -0.2) is 26.2 Å². The number of nitrogens with zero attached hydrogens (tertiary/aromatic N) is 1. The highest BCUT2D eigenvalue weighted by Crippen LogP contribution is 2.14. The topological polar surface area (TPSA) is 15.3 Å². The van der Waals surface area contributed by atoms with Crippen molar-refractivity contribution in [3.05, 3.63) is 30.1 Å². The Labute approximate surface area is 89.5 Å². The van der Waals surface area contributed by atoms with Crippen molar-refractivity contribution in [2.45, 2.75) is 0 Å². The number of halogens is 2. The van der Waals surface area contributed by atoms with E-state index in [9.17, 15) is 4.39 Å². The van der Waals surface area contributed by atoms with Gasteiger partial charge in [0.2, 0.25) is 0 Å². The summed E-state index contributed by atoms with van der Waals surface area (Å²) in [5, 5.41) is 3.28. The quantitative estimate of drug-likeness (QED) is 0.768. The van der Waals surface area contributed by atoms with Crippen LogP contribution in [0.1, 0.15) is 0 Å². The van der Waals surface area contributed by atoms with Crippen LogP contribution in [0.3, 0.4) is 0 Å². The minimum Gasteiger partial charge on any atom is -0.369 e. The van der Waals surface area contributed by atoms with Crippen LogP contribution in [0.25, 0.3) is 0 Å². The van der Waals surface area contributed by atoms with Crippen molar-refractivity contribution in [2.24, 2.45) is 0 Å². The van der Waals surface area contributed by atoms with Crippen molar-refractivity contribution in [3.63, 3.8) is 0 Å². The van der Waals surface area contributed by atoms with Crippen molar-refractivity contribution in [3.8, 4) is 0 Å². The molecule has 1 N–H and O–H groups in total. The molecule has 1 saturated heterocycles. The molecule has 0 spiro atoms. The van der Waals surface area contributed by atoms with Crippen molar-refractivity contribution >= 4 is 18.1 Å². The van der Waals surface area contributed by atoms with Crippen molar-refractivity contribution < 1.29 is 4.39 Å². The van der Waals surface area contributed by atoms with Gasteiger partial charge in [0.25, 0.3) is 0 Å². The Kier molecular flexibility index (Phi) is 4.17. The third-order valence-electron chi connectivity index (χ3n) is 2.31. The summed E-state index contributed by atoms with van der Waals surface area (Å²) in [4.78, 5) is 2.26. The molecule has 0 saturated carbocycles. The Balaban J connectivity index is 0.000000980. The lowest BCUT2D eigenvalue weighted by molar-refractivity contribution is 0.587. The molecule has 1 aliphatic heterocycles. The lowest BCUT2D eigenvalue weighted by Crippen LogP contribution is -2.43. The standard InChI is InChI=1S/C10H13FN2.ClH/c11-9-1-3-10(4-2-9)13-7-5-12-6-8-13;/h1-4,12H,5-8H2;1H. The van der Waals surface area contributed by atoms with Gasteiger partial charge in [-0.05, 0) is 24.3 Å². The molecule has 0 unspecified atom stereocenters. The molecular formula is C10H14ClFN2. The summed E-state index contributed by atoms with van der Waals surface area (Å²) in [6, 6.07) is 6.69. The molecule has 0 aliphatic carbocycles. The number of hydrogen-bond donors (Lipinski definition) is 1. The summed E-state index contributed by atoms with van der Waals surface area (Å²) >= 11 is 0. The Morgan fingerprint density at radius 1 is 1.07 bits per heavy atom. The highest BCUT2D eigenvalue weighted by Gasteiger charge is 2.09. The number of nitrogens with one attached hydrogen (secondary N) is 1. The maximum absolute atomic E-state index is 12.6. The smallest absolute Gasteiger partial charge is 0.123 e. The molecule has 0 radical (unpaired) electrons. The second-order valence-corrected chi connectivity index (χ2v) is 3.21. The highest BCUT2D eigenvalue weighted by molar-refractivity contribution is 5.85. The zero-order valence-corrected chi connectivity index (χ0v) is 8.69. The Morgan fingerprint density at radius 3 is 2.21 bits per heavy atom. The summed E-state index contributed by atoms with van der Waals surface area (Å²) in [5.74, 6) is -0.168. The second-order valence-electron chi connectivity index (χ2n) is 3.21. The number of hydrogen-bond acceptors (Lipinski definition) is 2. The number of rotatable bonds is 1. The molecule has 0 amide bonds. The first kappa shape index (κ1) is 11.3. The molecule has 1 fully saturated rings. The van der Waals surface area contributed by atoms with E-state index in [0.29, 0.717) is 0 Å². The average molecular weight is 217 g/mol. The van der Waals surface area contributed by atoms with Gasteiger partial charge < -0.3 is 10.2 Å². The van der Waals surface area contributed by atoms with Gasteiger partial charge in [-0.1, -0.05) is 0 Å². The normalized spacial score (nSPS) is 16.2. The monoisotopic (exact) mass is 216 g/mol. The zero-order valence-electron chi connectivity index (χ0n) is 7.87. The van der Waals surface area contributed by atoms with Gasteiger partial charge in [0.15, 0.2) is 0 Å². The van der Waals surface area contributed by atoms with E-state index < -0.39 is 0 Å². The molecule has 1 heterocycles. The maximum atomic E-state index is 12.6. The van der Waals surface area contributed by atoms with E-state index in [0.717, 1.165) is 31.9 Å². The van der Waals surface area contributed by atoms with E-state index in [1.54, 1.807) is 0 Å². The molecule has 1 aromatic carbocycles. The van der Waals surface area contributed by atoms with E-state index in [2.05, 4.69) is 10.2 Å². The lowest BCUT2D eigenvalue weighted by atomic mass is 10.2. The summed E-state index contributed by atoms with van der Waals surface area (Å²) < 4.78 is 12.6. The molecule has 78 valence electrons. The van der Waals surface area contributed by atoms with Crippen LogP contribution in [0.5, 0.6) is 0 Å². The van der Waals surface area contributed by atoms with E-state index in [-0.39, 0.29) is 18.2 Å². The van der Waals surface area contributed by atoms with Crippen molar-refractivity contribution in [1.82, 2.24) is 5.32 Å². The lowest BCUT2D eigenvalue weighted by Gasteiger charge is -2.29. The van der Waals surface area contributed by atoms with Crippen molar-refractivity contribution in [1.29, 1.82) is 0 Å². The third kappa shape index (κ3) is 2.59. The van der Waals surface area contributed by atoms with Crippen LogP contribution in [-0.2, 0) is 0 Å². The van der Waals surface area contributed by atoms with Gasteiger partial charge in [-0.3, -0.25) is 0 Å². The van der Waals surface area contributed by atoms with Gasteiger partial charge in [-0.25, -0.2) is 4.39 Å². The Hall–Kier alpha value is -0.800. The van der Waals surface area contributed by atoms with Gasteiger partial charge in [-0.2, -0.15) is 0 Å². The van der Waals surface area contributed by atoms with E-state index >= 15 is 0 Å². The maximum Gasteiger partial charge on any atom is 0.123 e. The molecule has 2 nitrogen and oxygen atoms in total. The Bertz CT molecular complexity index is 270. The van der Waals surface area contributed by atoms with Crippen molar-refractivity contribution in [2.75, 3.05) is 31.1 Å². The number of anilines is 1. The van der Waals surface area contributed by atoms with E-state index in [1.807, 2.05) is 12.1 Å². The number of piperazine rings is 1. The number of benzene rings is 1. The molecule has 1 aromatic rings. The van der Waals surface area contributed by atoms with Crippen LogP contribution in [0.4, 0.5) is 10.1 Å². The summed E-state index contributed by atoms with van der Waals surface area (Å²) in [5.41, 5.74) is 1.11. The predicted molar refractivity (Wildman–Crippen MR) is 58.7 cm³/mol. The summed E-state index contributed by atoms with van der Waals surface area (Å²) in [6.45, 7) is 4.03. The van der Waals surface area contributed by atoms with Crippen LogP contribution >= 0.6 is 12.4 Å². The molecule has 2 rings (SSSR count). The van der Waals surface area contributed by atoms with Gasteiger partial charge in [0, 0.05) is 31.9 Å². The molecule has 0 atom stereocenters. The van der Waals surface area contributed by atoms with Crippen LogP contribution < -0.4 is 10.2 Å². The first-order chi connectivity index (χ1) is 6.36. The van der Waals surface area contributed by atoms with Gasteiger partial charge in [0.05, 0.1) is 0 Å². The molecular weight excluding hydrogens is 203 g/mol. The Morgan fingerprint density at radius 2 is 1.64 bits per heavy atom. The fourth-order valence-electron chi connectivity index (χ4n) is 1.57. The predicted octanol–water partition coefficient (Wildman–Crippen LogP) is 1.66. The van der Waals surface area contributed by atoms with Crippen LogP contribution in [0, 0.1) is 5.82 Å². The molecule has 1 aliphatic rings. The first-order valence-corrected chi connectivity index (χ1v) is 4.57. The fourth-order valence-corrected chi connectivity index (χ4v) is 1.57. The minimum atomic E-state index is -0.168. The van der Waals surface area contributed by atoms with Crippen LogP contribution in [0.15, 0.2) is 24.3 Å². The summed E-state index contributed by atoms with van der Waals surface area (Å²) in [6.07, 6.45) is 0. The largest absolute Gasteiger partial charge is 0.369 e. The summed E-state index contributed by atoms with van der Waals surface area (Å²) in [7, 11) is 0. The molecule has 0 aromatic heterocycles. The molecule has 14 heavy (non-hydrogen) atoms. The van der Waals surface area contributed by atoms with Gasteiger partial charge >= 0.3 is 0 Å². The first-order valence-electron chi connectivity index (χ1n) is 4.57. The fraction of sp³-hybridized carbons (Fsp3) is 0.400. The average Bonchev–Trinajstić information content (AvgIpc) is 2.20. The minimum absolute atomic E-state index is 0. The second kappa shape index (κ2) is 5.17. The highest BCUT2D eigenvalue weighted by atomic mass is 35.5. The van der Waals surface area contributed by atoms with Crippen LogP contribution in [0.2, 0.25) is 0 Å². The van der Waals surface area contributed by atoms with Gasteiger partial charge in [-0.15, -0.1) is 12.4 Å². The molecule has 4 heteroatoms. The third-order valence-corrected chi connectivity index (χ3v) is 2.31. The SMILES string of the molecule is Cl.Fc1ccc(N2CCNCC2)cc1. The van der Waals surface area contributed by atoms with E-state index in [4.69, 9.17) is 0 Å². The van der Waals surface area contributed by atoms with Gasteiger partial charge in [0.1, 0.15) is 5.82 Å². The molecule has 0 bridgehead atoms. The van der Waals surface area contributed by atoms with E-state index in [1.165, 1.54) is 12.1 Å². The zero-order chi connectivity index (χ0) is 9.10.